The minimum Gasteiger partial charge on any atom is -0.497 e. The monoisotopic (exact) mass is 372 g/mol. The molecule has 0 unspecified atom stereocenters. The second kappa shape index (κ2) is 6.59. The first-order valence-corrected chi connectivity index (χ1v) is 10.3. The van der Waals surface area contributed by atoms with Gasteiger partial charge in [0.2, 0.25) is 0 Å². The molecule has 0 bridgehead atoms. The third-order valence-corrected chi connectivity index (χ3v) is 6.99. The molecule has 1 fully saturated rings. The molecule has 1 aliphatic heterocycles. The number of hydrogen-bond acceptors (Lipinski definition) is 3. The van der Waals surface area contributed by atoms with Gasteiger partial charge in [0.25, 0.3) is 0 Å². The molecule has 2 aliphatic rings. The van der Waals surface area contributed by atoms with E-state index >= 15 is 0 Å². The summed E-state index contributed by atoms with van der Waals surface area (Å²) >= 11 is 0. The van der Waals surface area contributed by atoms with Crippen molar-refractivity contribution in [2.24, 2.45) is 5.92 Å². The Hall–Kier alpha value is -2.39. The van der Waals surface area contributed by atoms with Gasteiger partial charge >= 0.3 is 0 Å². The first-order valence-electron chi connectivity index (χ1n) is 10.3. The van der Waals surface area contributed by atoms with Gasteiger partial charge in [0.15, 0.2) is 0 Å². The van der Waals surface area contributed by atoms with Crippen LogP contribution in [0, 0.1) is 12.8 Å². The molecule has 1 aliphatic carbocycles. The maximum atomic E-state index is 5.56. The summed E-state index contributed by atoms with van der Waals surface area (Å²) in [5.41, 5.74) is 6.72. The van der Waals surface area contributed by atoms with Crippen LogP contribution in [-0.2, 0) is 18.3 Å². The molecular weight excluding hydrogens is 344 g/mol. The molecule has 3 heteroatoms. The van der Waals surface area contributed by atoms with Crippen LogP contribution < -0.4 is 4.74 Å². The molecule has 2 heterocycles. The zero-order chi connectivity index (χ0) is 19.3. The minimum atomic E-state index is 0.152. The number of methoxy groups -OCH3 is 1. The zero-order valence-electron chi connectivity index (χ0n) is 17.0. The van der Waals surface area contributed by atoms with Gasteiger partial charge in [-0.2, -0.15) is 0 Å². The number of nitrogens with zero attached hydrogens (tertiary/aromatic N) is 2. The summed E-state index contributed by atoms with van der Waals surface area (Å²) in [5.74, 6) is 1.56. The predicted octanol–water partition coefficient (Wildman–Crippen LogP) is 4.54. The quantitative estimate of drug-likeness (QED) is 0.660. The topological polar surface area (TPSA) is 25.4 Å². The highest BCUT2D eigenvalue weighted by atomic mass is 16.5. The highest BCUT2D eigenvalue weighted by Gasteiger charge is 2.47. The summed E-state index contributed by atoms with van der Waals surface area (Å²) < 4.78 is 5.56. The average molecular weight is 373 g/mol. The van der Waals surface area contributed by atoms with Crippen LogP contribution in [0.15, 0.2) is 48.5 Å². The Balaban J connectivity index is 1.65. The second-order valence-electron chi connectivity index (χ2n) is 8.77. The van der Waals surface area contributed by atoms with Crippen LogP contribution in [0.2, 0.25) is 0 Å². The van der Waals surface area contributed by atoms with Gasteiger partial charge in [-0.15, -0.1) is 0 Å². The molecule has 2 aromatic carbocycles. The van der Waals surface area contributed by atoms with Crippen molar-refractivity contribution in [2.45, 2.75) is 31.6 Å². The van der Waals surface area contributed by atoms with E-state index in [2.05, 4.69) is 67.4 Å². The zero-order valence-corrected chi connectivity index (χ0v) is 17.0. The SMILES string of the molecule is COc1cccc([C@@]23CCN(C)C[C@@H]2Cc2cc4cc(C)ccc4nc2C3)c1. The van der Waals surface area contributed by atoms with Crippen LogP contribution in [0.4, 0.5) is 0 Å². The van der Waals surface area contributed by atoms with Crippen LogP contribution >= 0.6 is 0 Å². The van der Waals surface area contributed by atoms with Crippen molar-refractivity contribution in [2.75, 3.05) is 27.2 Å². The summed E-state index contributed by atoms with van der Waals surface area (Å²) in [7, 11) is 4.02. The van der Waals surface area contributed by atoms with E-state index in [4.69, 9.17) is 9.72 Å². The second-order valence-corrected chi connectivity index (χ2v) is 8.77. The fourth-order valence-corrected chi connectivity index (χ4v) is 5.42. The fraction of sp³-hybridized carbons (Fsp3) is 0.400. The predicted molar refractivity (Wildman–Crippen MR) is 114 cm³/mol. The molecule has 144 valence electrons. The molecule has 1 aromatic heterocycles. The van der Waals surface area contributed by atoms with Gasteiger partial charge in [0.1, 0.15) is 5.75 Å². The fourth-order valence-electron chi connectivity index (χ4n) is 5.42. The molecule has 1 saturated heterocycles. The van der Waals surface area contributed by atoms with Crippen molar-refractivity contribution in [1.29, 1.82) is 0 Å². The van der Waals surface area contributed by atoms with Gasteiger partial charge in [-0.3, -0.25) is 4.98 Å². The lowest BCUT2D eigenvalue weighted by atomic mass is 9.58. The Labute approximate surface area is 167 Å². The Bertz CT molecular complexity index is 1040. The lowest BCUT2D eigenvalue weighted by Crippen LogP contribution is -2.53. The van der Waals surface area contributed by atoms with Gasteiger partial charge in [0.05, 0.1) is 12.6 Å². The third kappa shape index (κ3) is 2.80. The van der Waals surface area contributed by atoms with Crippen LogP contribution in [0.1, 0.15) is 28.8 Å². The standard InChI is InChI=1S/C25H28N2O/c1-17-7-8-23-18(11-17)12-19-13-21-16-27(2)10-9-25(21,15-24(19)26-23)20-5-4-6-22(14-20)28-3/h4-8,11-12,14,21H,9-10,13,15-16H2,1-3H3/t21-,25-/m0/s1. The number of likely N-dealkylation sites (tertiary alicyclic amines) is 1. The number of hydrogen-bond donors (Lipinski definition) is 0. The number of pyridine rings is 1. The normalized spacial score (nSPS) is 24.6. The van der Waals surface area contributed by atoms with E-state index in [0.717, 1.165) is 37.2 Å². The van der Waals surface area contributed by atoms with Gasteiger partial charge in [0, 0.05) is 29.5 Å². The van der Waals surface area contributed by atoms with Crippen LogP contribution in [0.5, 0.6) is 5.75 Å². The molecule has 3 aromatic rings. The number of ether oxygens (including phenoxy) is 1. The minimum absolute atomic E-state index is 0.152. The molecule has 0 spiro atoms. The Morgan fingerprint density at radius 2 is 2.04 bits per heavy atom. The number of benzene rings is 2. The van der Waals surface area contributed by atoms with E-state index in [1.54, 1.807) is 7.11 Å². The first kappa shape index (κ1) is 17.7. The molecular formula is C25H28N2O. The number of aryl methyl sites for hydroxylation is 1. The number of rotatable bonds is 2. The van der Waals surface area contributed by atoms with Gasteiger partial charge in [-0.05, 0) is 80.7 Å². The van der Waals surface area contributed by atoms with E-state index < -0.39 is 0 Å². The van der Waals surface area contributed by atoms with E-state index in [-0.39, 0.29) is 5.41 Å². The lowest BCUT2D eigenvalue weighted by Gasteiger charge is -2.50. The summed E-state index contributed by atoms with van der Waals surface area (Å²) in [6, 6.07) is 17.8. The van der Waals surface area contributed by atoms with Crippen molar-refractivity contribution < 1.29 is 4.74 Å². The summed E-state index contributed by atoms with van der Waals surface area (Å²) in [6.45, 7) is 4.43. The van der Waals surface area contributed by atoms with Gasteiger partial charge < -0.3 is 9.64 Å². The van der Waals surface area contributed by atoms with Crippen molar-refractivity contribution in [3.8, 4) is 5.75 Å². The largest absolute Gasteiger partial charge is 0.497 e. The Kier molecular flexibility index (Phi) is 4.17. The van der Waals surface area contributed by atoms with Crippen molar-refractivity contribution in [1.82, 2.24) is 9.88 Å². The molecule has 3 nitrogen and oxygen atoms in total. The van der Waals surface area contributed by atoms with E-state index in [0.29, 0.717) is 5.92 Å². The van der Waals surface area contributed by atoms with Crippen molar-refractivity contribution in [3.63, 3.8) is 0 Å². The van der Waals surface area contributed by atoms with Crippen LogP contribution in [0.3, 0.4) is 0 Å². The summed E-state index contributed by atoms with van der Waals surface area (Å²) in [4.78, 5) is 7.63. The molecule has 2 atom stereocenters. The molecule has 0 radical (unpaired) electrons. The summed E-state index contributed by atoms with van der Waals surface area (Å²) in [5, 5.41) is 1.27. The lowest BCUT2D eigenvalue weighted by molar-refractivity contribution is 0.0987. The average Bonchev–Trinajstić information content (AvgIpc) is 2.71. The first-order chi connectivity index (χ1) is 13.6. The van der Waals surface area contributed by atoms with Gasteiger partial charge in [-0.1, -0.05) is 23.8 Å². The molecule has 0 N–H and O–H groups in total. The van der Waals surface area contributed by atoms with Crippen LogP contribution in [0.25, 0.3) is 10.9 Å². The van der Waals surface area contributed by atoms with Crippen molar-refractivity contribution >= 4 is 10.9 Å². The van der Waals surface area contributed by atoms with Crippen LogP contribution in [-0.4, -0.2) is 37.1 Å². The van der Waals surface area contributed by atoms with Gasteiger partial charge in [-0.25, -0.2) is 0 Å². The molecule has 28 heavy (non-hydrogen) atoms. The molecule has 0 saturated carbocycles. The number of aromatic nitrogens is 1. The summed E-state index contributed by atoms with van der Waals surface area (Å²) in [6.07, 6.45) is 3.31. The third-order valence-electron chi connectivity index (χ3n) is 6.99. The number of fused-ring (bicyclic) bond motifs is 3. The highest BCUT2D eigenvalue weighted by Crippen LogP contribution is 2.48. The smallest absolute Gasteiger partial charge is 0.119 e. The highest BCUT2D eigenvalue weighted by molar-refractivity contribution is 5.80. The molecule has 0 amide bonds. The van der Waals surface area contributed by atoms with E-state index in [1.807, 2.05) is 0 Å². The van der Waals surface area contributed by atoms with Crippen molar-refractivity contribution in [3.05, 3.63) is 70.9 Å². The number of piperidine rings is 1. The van der Waals surface area contributed by atoms with E-state index in [1.165, 1.54) is 34.2 Å². The van der Waals surface area contributed by atoms with E-state index in [9.17, 15) is 0 Å². The Morgan fingerprint density at radius 3 is 2.89 bits per heavy atom. The maximum Gasteiger partial charge on any atom is 0.119 e. The Morgan fingerprint density at radius 1 is 1.14 bits per heavy atom. The molecule has 5 rings (SSSR count). The maximum absolute atomic E-state index is 5.56.